The number of alkyl halides is 6. The van der Waals surface area contributed by atoms with Gasteiger partial charge in [-0.05, 0) is 37.6 Å². The van der Waals surface area contributed by atoms with Crippen LogP contribution in [0.25, 0.3) is 6.08 Å². The standard InChI is InChI=1S/C18H15F6NO10/c1-8-3-11(34-18(22,23)24)4-10-5-12(14(17(19,20)21)33-13(8)10)15(26)31-7-32-16(27)30-6-9(2)35-25(28)29/h3-5,9,14H,6-7H2,1-2H3/t9-,14-/m0/s1. The highest BCUT2D eigenvalue weighted by atomic mass is 19.4. The Hall–Kier alpha value is -3.92. The van der Waals surface area contributed by atoms with E-state index in [1.165, 1.54) is 13.8 Å². The van der Waals surface area contributed by atoms with Crippen LogP contribution in [0.4, 0.5) is 31.1 Å². The van der Waals surface area contributed by atoms with Gasteiger partial charge in [-0.3, -0.25) is 0 Å². The summed E-state index contributed by atoms with van der Waals surface area (Å²) >= 11 is 0. The largest absolute Gasteiger partial charge is 0.573 e. The molecule has 0 amide bonds. The van der Waals surface area contributed by atoms with Crippen molar-refractivity contribution in [1.82, 2.24) is 0 Å². The average molecular weight is 519 g/mol. The molecule has 1 aromatic rings. The summed E-state index contributed by atoms with van der Waals surface area (Å²) in [4.78, 5) is 37.8. The van der Waals surface area contributed by atoms with Crippen molar-refractivity contribution < 1.29 is 69.5 Å². The number of hydrogen-bond donors (Lipinski definition) is 0. The Morgan fingerprint density at radius 3 is 2.37 bits per heavy atom. The van der Waals surface area contributed by atoms with Gasteiger partial charge < -0.3 is 28.5 Å². The van der Waals surface area contributed by atoms with Crippen molar-refractivity contribution in [3.05, 3.63) is 38.9 Å². The van der Waals surface area contributed by atoms with E-state index in [4.69, 9.17) is 4.74 Å². The number of esters is 1. The van der Waals surface area contributed by atoms with Gasteiger partial charge in [0, 0.05) is 5.56 Å². The van der Waals surface area contributed by atoms with Gasteiger partial charge in [0.25, 0.3) is 5.09 Å². The van der Waals surface area contributed by atoms with E-state index in [1.807, 2.05) is 0 Å². The van der Waals surface area contributed by atoms with E-state index in [0.29, 0.717) is 12.1 Å². The molecule has 0 radical (unpaired) electrons. The fraction of sp³-hybridized carbons (Fsp3) is 0.444. The van der Waals surface area contributed by atoms with Crippen molar-refractivity contribution in [1.29, 1.82) is 0 Å². The lowest BCUT2D eigenvalue weighted by Gasteiger charge is -2.29. The summed E-state index contributed by atoms with van der Waals surface area (Å²) in [6.45, 7) is 0.478. The van der Waals surface area contributed by atoms with Gasteiger partial charge in [0.15, 0.2) is 0 Å². The van der Waals surface area contributed by atoms with Gasteiger partial charge in [-0.15, -0.1) is 23.3 Å². The Bertz CT molecular complexity index is 1010. The molecular weight excluding hydrogens is 504 g/mol. The number of ether oxygens (including phenoxy) is 5. The number of fused-ring (bicyclic) bond motifs is 1. The smallest absolute Gasteiger partial charge is 0.475 e. The topological polar surface area (TPSA) is 133 Å². The Morgan fingerprint density at radius 2 is 1.80 bits per heavy atom. The van der Waals surface area contributed by atoms with Crippen molar-refractivity contribution in [2.24, 2.45) is 0 Å². The minimum Gasteiger partial charge on any atom is -0.475 e. The zero-order valence-electron chi connectivity index (χ0n) is 17.6. The van der Waals surface area contributed by atoms with Crippen LogP contribution >= 0.6 is 0 Å². The minimum atomic E-state index is -5.14. The normalized spacial score (nSPS) is 16.1. The second-order valence-electron chi connectivity index (χ2n) is 6.74. The fourth-order valence-electron chi connectivity index (χ4n) is 2.68. The lowest BCUT2D eigenvalue weighted by molar-refractivity contribution is -0.767. The van der Waals surface area contributed by atoms with Crippen LogP contribution in [0.3, 0.4) is 0 Å². The first-order chi connectivity index (χ1) is 16.1. The Morgan fingerprint density at radius 1 is 1.14 bits per heavy atom. The van der Waals surface area contributed by atoms with E-state index >= 15 is 0 Å². The SMILES string of the molecule is Cc1cc(OC(F)(F)F)cc2c1O[C@H](C(F)(F)F)C(C(=O)OCOC(=O)OC[C@H](C)O[N+](=O)[O-])=C2. The van der Waals surface area contributed by atoms with Gasteiger partial charge in [-0.1, -0.05) is 0 Å². The summed E-state index contributed by atoms with van der Waals surface area (Å²) in [7, 11) is 0. The predicted molar refractivity (Wildman–Crippen MR) is 97.2 cm³/mol. The van der Waals surface area contributed by atoms with Crippen molar-refractivity contribution in [3.63, 3.8) is 0 Å². The number of aryl methyl sites for hydroxylation is 1. The maximum absolute atomic E-state index is 13.5. The first-order valence-corrected chi connectivity index (χ1v) is 9.20. The molecule has 35 heavy (non-hydrogen) atoms. The van der Waals surface area contributed by atoms with Crippen molar-refractivity contribution in [2.75, 3.05) is 13.4 Å². The lowest BCUT2D eigenvalue weighted by Crippen LogP contribution is -2.41. The summed E-state index contributed by atoms with van der Waals surface area (Å²) in [6, 6.07) is 1.51. The minimum absolute atomic E-state index is 0.138. The fourth-order valence-corrected chi connectivity index (χ4v) is 2.68. The number of benzene rings is 1. The summed E-state index contributed by atoms with van der Waals surface area (Å²) in [5.41, 5.74) is -1.63. The molecule has 0 fully saturated rings. The lowest BCUT2D eigenvalue weighted by atomic mass is 9.99. The van der Waals surface area contributed by atoms with Gasteiger partial charge in [-0.25, -0.2) is 9.59 Å². The van der Waals surface area contributed by atoms with Crippen LogP contribution in [-0.2, 0) is 23.8 Å². The van der Waals surface area contributed by atoms with E-state index < -0.39 is 72.4 Å². The van der Waals surface area contributed by atoms with E-state index in [-0.39, 0.29) is 11.1 Å². The third-order valence-corrected chi connectivity index (χ3v) is 3.94. The van der Waals surface area contributed by atoms with Gasteiger partial charge >= 0.3 is 24.7 Å². The summed E-state index contributed by atoms with van der Waals surface area (Å²) < 4.78 is 99.7. The van der Waals surface area contributed by atoms with Crippen molar-refractivity contribution >= 4 is 18.2 Å². The van der Waals surface area contributed by atoms with E-state index in [2.05, 4.69) is 23.8 Å². The molecule has 0 aliphatic carbocycles. The van der Waals surface area contributed by atoms with Crippen molar-refractivity contribution in [3.8, 4) is 11.5 Å². The second kappa shape index (κ2) is 10.6. The first-order valence-electron chi connectivity index (χ1n) is 9.20. The van der Waals surface area contributed by atoms with Crippen LogP contribution in [-0.4, -0.2) is 55.4 Å². The maximum atomic E-state index is 13.5. The molecule has 0 saturated heterocycles. The molecule has 17 heteroatoms. The van der Waals surface area contributed by atoms with Gasteiger partial charge in [0.2, 0.25) is 12.9 Å². The number of hydrogen-bond acceptors (Lipinski definition) is 10. The highest BCUT2D eigenvalue weighted by Gasteiger charge is 2.49. The number of nitrogens with zero attached hydrogens (tertiary/aromatic N) is 1. The number of halogens is 6. The molecule has 194 valence electrons. The third-order valence-electron chi connectivity index (χ3n) is 3.94. The number of carbonyl (C=O) groups excluding carboxylic acids is 2. The summed E-state index contributed by atoms with van der Waals surface area (Å²) in [5.74, 6) is -2.88. The molecule has 1 heterocycles. The van der Waals surface area contributed by atoms with Crippen LogP contribution < -0.4 is 9.47 Å². The molecule has 1 aliphatic heterocycles. The Balaban J connectivity index is 2.13. The molecule has 0 saturated carbocycles. The van der Waals surface area contributed by atoms with E-state index in [9.17, 15) is 46.0 Å². The molecule has 0 spiro atoms. The van der Waals surface area contributed by atoms with Gasteiger partial charge in [0.1, 0.15) is 24.2 Å². The van der Waals surface area contributed by atoms with Gasteiger partial charge in [-0.2, -0.15) is 13.2 Å². The Labute approximate surface area is 191 Å². The molecule has 0 aromatic heterocycles. The summed E-state index contributed by atoms with van der Waals surface area (Å²) in [6.07, 6.45) is -15.1. The zero-order chi connectivity index (χ0) is 26.6. The number of rotatable bonds is 8. The first kappa shape index (κ1) is 27.3. The monoisotopic (exact) mass is 519 g/mol. The van der Waals surface area contributed by atoms with E-state index in [0.717, 1.165) is 6.07 Å². The van der Waals surface area contributed by atoms with Crippen molar-refractivity contribution in [2.45, 2.75) is 38.6 Å². The van der Waals surface area contributed by atoms with Crippen LogP contribution in [0, 0.1) is 17.0 Å². The molecule has 0 N–H and O–H groups in total. The molecular formula is C18H15F6NO10. The third kappa shape index (κ3) is 8.11. The van der Waals surface area contributed by atoms with Crippen LogP contribution in [0.15, 0.2) is 17.7 Å². The molecule has 11 nitrogen and oxygen atoms in total. The van der Waals surface area contributed by atoms with Gasteiger partial charge in [0.05, 0.1) is 5.57 Å². The van der Waals surface area contributed by atoms with Crippen LogP contribution in [0.2, 0.25) is 0 Å². The summed E-state index contributed by atoms with van der Waals surface area (Å²) in [5, 5.41) is 8.98. The highest BCUT2D eigenvalue weighted by Crippen LogP contribution is 2.41. The zero-order valence-corrected chi connectivity index (χ0v) is 17.6. The average Bonchev–Trinajstić information content (AvgIpc) is 2.68. The molecule has 2 atom stereocenters. The molecule has 0 unspecified atom stereocenters. The maximum Gasteiger partial charge on any atom is 0.573 e. The molecule has 1 aromatic carbocycles. The number of carbonyl (C=O) groups is 2. The molecule has 0 bridgehead atoms. The second-order valence-corrected chi connectivity index (χ2v) is 6.74. The van der Waals surface area contributed by atoms with Crippen LogP contribution in [0.5, 0.6) is 11.5 Å². The highest BCUT2D eigenvalue weighted by molar-refractivity contribution is 5.96. The molecule has 2 rings (SSSR count). The van der Waals surface area contributed by atoms with E-state index in [1.54, 1.807) is 0 Å². The quantitative estimate of drug-likeness (QED) is 0.164. The van der Waals surface area contributed by atoms with Crippen LogP contribution in [0.1, 0.15) is 18.1 Å². The molecule has 1 aliphatic rings. The Kier molecular flexibility index (Phi) is 8.24. The predicted octanol–water partition coefficient (Wildman–Crippen LogP) is 3.85.